The van der Waals surface area contributed by atoms with Gasteiger partial charge in [0.1, 0.15) is 0 Å². The van der Waals surface area contributed by atoms with Crippen LogP contribution in [0, 0.1) is 5.92 Å². The van der Waals surface area contributed by atoms with Crippen molar-refractivity contribution in [2.75, 3.05) is 26.7 Å². The standard InChI is InChI=1S/C14H30N2O/c1-6-11(3)14-8-15-13(7-2)10-16(14)9-12(4)17-5/h11-15H,6-10H2,1-5H3. The molecule has 4 atom stereocenters. The molecule has 0 amide bonds. The molecule has 0 aromatic heterocycles. The number of ether oxygens (including phenoxy) is 1. The summed E-state index contributed by atoms with van der Waals surface area (Å²) in [5.41, 5.74) is 0. The van der Waals surface area contributed by atoms with Crippen LogP contribution in [0.2, 0.25) is 0 Å². The van der Waals surface area contributed by atoms with Crippen molar-refractivity contribution >= 4 is 0 Å². The van der Waals surface area contributed by atoms with E-state index in [9.17, 15) is 0 Å². The molecule has 3 heteroatoms. The fourth-order valence-corrected chi connectivity index (χ4v) is 2.62. The van der Waals surface area contributed by atoms with E-state index >= 15 is 0 Å². The number of rotatable bonds is 6. The quantitative estimate of drug-likeness (QED) is 0.772. The number of piperazine rings is 1. The summed E-state index contributed by atoms with van der Waals surface area (Å²) in [6.07, 6.45) is 2.80. The van der Waals surface area contributed by atoms with Crippen molar-refractivity contribution < 1.29 is 4.74 Å². The Morgan fingerprint density at radius 1 is 1.35 bits per heavy atom. The molecule has 1 aliphatic heterocycles. The average molecular weight is 242 g/mol. The predicted octanol–water partition coefficient (Wildman–Crippen LogP) is 2.12. The van der Waals surface area contributed by atoms with E-state index in [-0.39, 0.29) is 0 Å². The summed E-state index contributed by atoms with van der Waals surface area (Å²) in [4.78, 5) is 2.63. The van der Waals surface area contributed by atoms with Gasteiger partial charge in [-0.05, 0) is 19.3 Å². The van der Waals surface area contributed by atoms with E-state index in [4.69, 9.17) is 4.74 Å². The molecule has 1 saturated heterocycles. The molecular weight excluding hydrogens is 212 g/mol. The predicted molar refractivity (Wildman–Crippen MR) is 73.4 cm³/mol. The molecule has 0 bridgehead atoms. The van der Waals surface area contributed by atoms with E-state index in [1.807, 2.05) is 7.11 Å². The second kappa shape index (κ2) is 7.34. The van der Waals surface area contributed by atoms with Gasteiger partial charge >= 0.3 is 0 Å². The van der Waals surface area contributed by atoms with E-state index < -0.39 is 0 Å². The van der Waals surface area contributed by atoms with Gasteiger partial charge in [0.15, 0.2) is 0 Å². The first-order valence-electron chi connectivity index (χ1n) is 7.12. The molecule has 4 unspecified atom stereocenters. The van der Waals surface area contributed by atoms with Crippen molar-refractivity contribution in [1.29, 1.82) is 0 Å². The molecule has 0 radical (unpaired) electrons. The van der Waals surface area contributed by atoms with E-state index in [1.54, 1.807) is 0 Å². The van der Waals surface area contributed by atoms with Gasteiger partial charge in [-0.1, -0.05) is 27.2 Å². The van der Waals surface area contributed by atoms with Gasteiger partial charge in [0.25, 0.3) is 0 Å². The minimum Gasteiger partial charge on any atom is -0.380 e. The highest BCUT2D eigenvalue weighted by atomic mass is 16.5. The molecule has 1 heterocycles. The first kappa shape index (κ1) is 14.9. The molecule has 1 fully saturated rings. The Morgan fingerprint density at radius 2 is 2.06 bits per heavy atom. The van der Waals surface area contributed by atoms with Crippen LogP contribution in [-0.4, -0.2) is 49.8 Å². The first-order valence-corrected chi connectivity index (χ1v) is 7.12. The van der Waals surface area contributed by atoms with Crippen LogP contribution in [0.1, 0.15) is 40.5 Å². The van der Waals surface area contributed by atoms with Crippen LogP contribution >= 0.6 is 0 Å². The molecule has 0 saturated carbocycles. The summed E-state index contributed by atoms with van der Waals surface area (Å²) in [6, 6.07) is 1.32. The molecular formula is C14H30N2O. The van der Waals surface area contributed by atoms with Crippen LogP contribution in [0.15, 0.2) is 0 Å². The molecule has 102 valence electrons. The summed E-state index contributed by atoms with van der Waals surface area (Å²) in [5, 5.41) is 3.67. The van der Waals surface area contributed by atoms with E-state index in [2.05, 4.69) is 37.9 Å². The zero-order valence-corrected chi connectivity index (χ0v) is 12.2. The third-order valence-electron chi connectivity index (χ3n) is 4.23. The van der Waals surface area contributed by atoms with Gasteiger partial charge in [-0.3, -0.25) is 4.90 Å². The molecule has 3 nitrogen and oxygen atoms in total. The van der Waals surface area contributed by atoms with E-state index in [1.165, 1.54) is 19.4 Å². The molecule has 1 aliphatic rings. The van der Waals surface area contributed by atoms with Crippen LogP contribution in [-0.2, 0) is 4.74 Å². The molecule has 17 heavy (non-hydrogen) atoms. The second-order valence-corrected chi connectivity index (χ2v) is 5.47. The van der Waals surface area contributed by atoms with Crippen molar-refractivity contribution in [1.82, 2.24) is 10.2 Å². The summed E-state index contributed by atoms with van der Waals surface area (Å²) >= 11 is 0. The lowest BCUT2D eigenvalue weighted by atomic mass is 9.94. The van der Waals surface area contributed by atoms with E-state index in [0.717, 1.165) is 19.0 Å². The van der Waals surface area contributed by atoms with Crippen LogP contribution in [0.3, 0.4) is 0 Å². The molecule has 1 rings (SSSR count). The van der Waals surface area contributed by atoms with Gasteiger partial charge < -0.3 is 10.1 Å². The fraction of sp³-hybridized carbons (Fsp3) is 1.00. The summed E-state index contributed by atoms with van der Waals surface area (Å²) in [6.45, 7) is 12.4. The van der Waals surface area contributed by atoms with Crippen molar-refractivity contribution in [3.05, 3.63) is 0 Å². The van der Waals surface area contributed by atoms with Crippen LogP contribution in [0.5, 0.6) is 0 Å². The smallest absolute Gasteiger partial charge is 0.0670 e. The van der Waals surface area contributed by atoms with E-state index in [0.29, 0.717) is 18.2 Å². The Kier molecular flexibility index (Phi) is 6.45. The molecule has 0 aromatic rings. The Hall–Kier alpha value is -0.120. The second-order valence-electron chi connectivity index (χ2n) is 5.47. The molecule has 1 N–H and O–H groups in total. The lowest BCUT2D eigenvalue weighted by Crippen LogP contribution is -2.59. The van der Waals surface area contributed by atoms with Crippen molar-refractivity contribution in [2.45, 2.75) is 58.7 Å². The fourth-order valence-electron chi connectivity index (χ4n) is 2.62. The lowest BCUT2D eigenvalue weighted by Gasteiger charge is -2.43. The van der Waals surface area contributed by atoms with Gasteiger partial charge in [-0.2, -0.15) is 0 Å². The van der Waals surface area contributed by atoms with Crippen LogP contribution in [0.4, 0.5) is 0 Å². The van der Waals surface area contributed by atoms with Crippen molar-refractivity contribution in [3.8, 4) is 0 Å². The van der Waals surface area contributed by atoms with Crippen LogP contribution in [0.25, 0.3) is 0 Å². The van der Waals surface area contributed by atoms with Crippen molar-refractivity contribution in [2.24, 2.45) is 5.92 Å². The number of hydrogen-bond acceptors (Lipinski definition) is 3. The maximum atomic E-state index is 5.42. The molecule has 0 spiro atoms. The summed E-state index contributed by atoms with van der Waals surface area (Å²) in [5.74, 6) is 0.754. The maximum absolute atomic E-state index is 5.42. The highest BCUT2D eigenvalue weighted by molar-refractivity contribution is 4.88. The van der Waals surface area contributed by atoms with Crippen LogP contribution < -0.4 is 5.32 Å². The SMILES string of the molecule is CCC1CN(CC(C)OC)C(C(C)CC)CN1. The maximum Gasteiger partial charge on any atom is 0.0670 e. The highest BCUT2D eigenvalue weighted by Gasteiger charge is 2.30. The van der Waals surface area contributed by atoms with Crippen molar-refractivity contribution in [3.63, 3.8) is 0 Å². The summed E-state index contributed by atoms with van der Waals surface area (Å²) in [7, 11) is 1.81. The number of hydrogen-bond donors (Lipinski definition) is 1. The normalized spacial score (nSPS) is 30.2. The zero-order chi connectivity index (χ0) is 12.8. The Morgan fingerprint density at radius 3 is 2.59 bits per heavy atom. The molecule has 0 aromatic carbocycles. The lowest BCUT2D eigenvalue weighted by molar-refractivity contribution is 0.0249. The minimum atomic E-state index is 0.331. The summed E-state index contributed by atoms with van der Waals surface area (Å²) < 4.78 is 5.42. The van der Waals surface area contributed by atoms with Gasteiger partial charge in [0, 0.05) is 38.8 Å². The average Bonchev–Trinajstić information content (AvgIpc) is 2.37. The monoisotopic (exact) mass is 242 g/mol. The van der Waals surface area contributed by atoms with Gasteiger partial charge in [0.2, 0.25) is 0 Å². The first-order chi connectivity index (χ1) is 8.12. The van der Waals surface area contributed by atoms with Gasteiger partial charge in [-0.25, -0.2) is 0 Å². The Labute approximate surface area is 107 Å². The third-order valence-corrected chi connectivity index (χ3v) is 4.23. The Balaban J connectivity index is 2.60. The number of nitrogens with one attached hydrogen (secondary N) is 1. The molecule has 0 aliphatic carbocycles. The minimum absolute atomic E-state index is 0.331. The topological polar surface area (TPSA) is 24.5 Å². The number of nitrogens with zero attached hydrogens (tertiary/aromatic N) is 1. The largest absolute Gasteiger partial charge is 0.380 e. The Bertz CT molecular complexity index is 208. The zero-order valence-electron chi connectivity index (χ0n) is 12.2. The highest BCUT2D eigenvalue weighted by Crippen LogP contribution is 2.19. The third kappa shape index (κ3) is 4.23. The van der Waals surface area contributed by atoms with Gasteiger partial charge in [0.05, 0.1) is 6.10 Å². The number of methoxy groups -OCH3 is 1. The van der Waals surface area contributed by atoms with Gasteiger partial charge in [-0.15, -0.1) is 0 Å².